The topological polar surface area (TPSA) is 59.5 Å². The summed E-state index contributed by atoms with van der Waals surface area (Å²) in [6.45, 7) is 2.72. The number of allylic oxidation sites excluding steroid dienone is 1. The highest BCUT2D eigenvalue weighted by Crippen LogP contribution is 2.34. The van der Waals surface area contributed by atoms with E-state index >= 15 is 0 Å². The maximum atomic E-state index is 13.2. The van der Waals surface area contributed by atoms with Crippen molar-refractivity contribution in [1.29, 1.82) is 0 Å². The number of benzene rings is 1. The zero-order valence-electron chi connectivity index (χ0n) is 15.0. The van der Waals surface area contributed by atoms with Crippen molar-refractivity contribution >= 4 is 41.1 Å². The number of hydrogen-bond donors (Lipinski definition) is 0. The lowest BCUT2D eigenvalue weighted by atomic mass is 10.1. The minimum absolute atomic E-state index is 0.170. The van der Waals surface area contributed by atoms with E-state index in [1.54, 1.807) is 25.2 Å². The van der Waals surface area contributed by atoms with Crippen molar-refractivity contribution in [3.8, 4) is 0 Å². The Morgan fingerprint density at radius 3 is 2.70 bits per heavy atom. The van der Waals surface area contributed by atoms with Gasteiger partial charge < -0.3 is 14.7 Å². The molecule has 3 heterocycles. The van der Waals surface area contributed by atoms with Crippen LogP contribution in [0, 0.1) is 0 Å². The van der Waals surface area contributed by atoms with Gasteiger partial charge in [0.2, 0.25) is 5.96 Å². The van der Waals surface area contributed by atoms with Gasteiger partial charge in [0.1, 0.15) is 0 Å². The summed E-state index contributed by atoms with van der Waals surface area (Å²) in [5.74, 6) is 0.844. The molecule has 2 atom stereocenters. The largest absolute Gasteiger partial charge is 0.328 e. The van der Waals surface area contributed by atoms with Crippen LogP contribution in [0.25, 0.3) is 0 Å². The number of urea groups is 1. The Labute approximate surface area is 167 Å². The molecule has 1 saturated heterocycles. The van der Waals surface area contributed by atoms with Gasteiger partial charge in [-0.05, 0) is 24.6 Å². The second kappa shape index (κ2) is 6.73. The minimum atomic E-state index is -0.572. The summed E-state index contributed by atoms with van der Waals surface area (Å²) < 4.78 is 0. The first kappa shape index (κ1) is 18.1. The molecular weight excluding hydrogens is 389 g/mol. The fraction of sp³-hybridized carbons (Fsp3) is 0.389. The highest BCUT2D eigenvalue weighted by Gasteiger charge is 2.54. The third kappa shape index (κ3) is 2.85. The summed E-state index contributed by atoms with van der Waals surface area (Å²) in [4.78, 5) is 37.3. The SMILES string of the molecule is CC1=CN2C(=NC3C2C(=O)N(Cc2cccc(Cl)c2)C(=O)N3C)N1CCCl. The number of likely N-dealkylation sites (N-methyl/N-ethyl adjacent to an activating group) is 1. The number of aliphatic imine (C=N–C) groups is 1. The van der Waals surface area contributed by atoms with Crippen molar-refractivity contribution < 1.29 is 9.59 Å². The summed E-state index contributed by atoms with van der Waals surface area (Å²) in [5.41, 5.74) is 1.77. The number of rotatable bonds is 4. The molecule has 7 nitrogen and oxygen atoms in total. The van der Waals surface area contributed by atoms with Crippen LogP contribution < -0.4 is 0 Å². The smallest absolute Gasteiger partial charge is 0.314 e. The van der Waals surface area contributed by atoms with Crippen LogP contribution in [0.2, 0.25) is 5.02 Å². The zero-order chi connectivity index (χ0) is 19.3. The van der Waals surface area contributed by atoms with Gasteiger partial charge >= 0.3 is 6.03 Å². The molecule has 0 bridgehead atoms. The van der Waals surface area contributed by atoms with Crippen molar-refractivity contribution in [2.75, 3.05) is 19.5 Å². The monoisotopic (exact) mass is 407 g/mol. The van der Waals surface area contributed by atoms with Crippen LogP contribution in [-0.2, 0) is 11.3 Å². The second-order valence-electron chi connectivity index (χ2n) is 6.75. The predicted octanol–water partition coefficient (Wildman–Crippen LogP) is 2.52. The Balaban J connectivity index is 1.64. The Bertz CT molecular complexity index is 871. The average molecular weight is 408 g/mol. The van der Waals surface area contributed by atoms with Crippen LogP contribution in [0.5, 0.6) is 0 Å². The highest BCUT2D eigenvalue weighted by atomic mass is 35.5. The molecule has 142 valence electrons. The molecule has 1 aromatic rings. The van der Waals surface area contributed by atoms with Crippen LogP contribution in [-0.4, -0.2) is 69.2 Å². The lowest BCUT2D eigenvalue weighted by molar-refractivity contribution is -0.137. The number of nitrogens with zero attached hydrogens (tertiary/aromatic N) is 5. The molecule has 0 aromatic heterocycles. The highest BCUT2D eigenvalue weighted by molar-refractivity contribution is 6.30. The van der Waals surface area contributed by atoms with Gasteiger partial charge in [-0.15, -0.1) is 11.6 Å². The first-order valence-electron chi connectivity index (χ1n) is 8.63. The molecular formula is C18H19Cl2N5O2. The fourth-order valence-corrected chi connectivity index (χ4v) is 4.11. The van der Waals surface area contributed by atoms with Gasteiger partial charge in [-0.2, -0.15) is 0 Å². The van der Waals surface area contributed by atoms with E-state index in [1.807, 2.05) is 29.0 Å². The average Bonchev–Trinajstić information content (AvgIpc) is 3.14. The van der Waals surface area contributed by atoms with E-state index in [1.165, 1.54) is 9.80 Å². The molecule has 2 unspecified atom stereocenters. The van der Waals surface area contributed by atoms with Crippen LogP contribution >= 0.6 is 23.2 Å². The number of alkyl halides is 1. The van der Waals surface area contributed by atoms with E-state index in [2.05, 4.69) is 4.99 Å². The Hall–Kier alpha value is -2.25. The van der Waals surface area contributed by atoms with Gasteiger partial charge in [0.05, 0.1) is 6.54 Å². The Morgan fingerprint density at radius 2 is 2.00 bits per heavy atom. The van der Waals surface area contributed by atoms with Crippen LogP contribution in [0.15, 0.2) is 41.2 Å². The maximum Gasteiger partial charge on any atom is 0.328 e. The van der Waals surface area contributed by atoms with Crippen molar-refractivity contribution in [3.05, 3.63) is 46.7 Å². The second-order valence-corrected chi connectivity index (χ2v) is 7.57. The Morgan fingerprint density at radius 1 is 1.22 bits per heavy atom. The number of imide groups is 1. The van der Waals surface area contributed by atoms with Gasteiger partial charge in [-0.1, -0.05) is 23.7 Å². The quantitative estimate of drug-likeness (QED) is 0.719. The summed E-state index contributed by atoms with van der Waals surface area (Å²) in [6.07, 6.45) is 1.35. The molecule has 3 amide bonds. The lowest BCUT2D eigenvalue weighted by Gasteiger charge is -2.40. The number of hydrogen-bond acceptors (Lipinski definition) is 5. The van der Waals surface area contributed by atoms with E-state index in [9.17, 15) is 9.59 Å². The van der Waals surface area contributed by atoms with Crippen LogP contribution in [0.1, 0.15) is 12.5 Å². The number of carbonyl (C=O) groups excluding carboxylic acids is 2. The van der Waals surface area contributed by atoms with Gasteiger partial charge in [0.25, 0.3) is 5.91 Å². The summed E-state index contributed by atoms with van der Waals surface area (Å²) in [7, 11) is 1.67. The summed E-state index contributed by atoms with van der Waals surface area (Å²) >= 11 is 11.9. The van der Waals surface area contributed by atoms with Crippen molar-refractivity contribution in [2.45, 2.75) is 25.7 Å². The van der Waals surface area contributed by atoms with Gasteiger partial charge in [0, 0.05) is 36.4 Å². The number of halogens is 2. The normalized spacial score (nSPS) is 24.3. The van der Waals surface area contributed by atoms with Crippen molar-refractivity contribution in [1.82, 2.24) is 19.6 Å². The molecule has 0 N–H and O–H groups in total. The molecule has 27 heavy (non-hydrogen) atoms. The number of fused-ring (bicyclic) bond motifs is 3. The first-order chi connectivity index (χ1) is 12.9. The van der Waals surface area contributed by atoms with Crippen molar-refractivity contribution in [3.63, 3.8) is 0 Å². The molecule has 1 aromatic carbocycles. The molecule has 3 aliphatic heterocycles. The number of amides is 3. The van der Waals surface area contributed by atoms with E-state index in [0.717, 1.165) is 11.3 Å². The Kier molecular flexibility index (Phi) is 4.52. The predicted molar refractivity (Wildman–Crippen MR) is 103 cm³/mol. The van der Waals surface area contributed by atoms with Crippen molar-refractivity contribution in [2.24, 2.45) is 4.99 Å². The zero-order valence-corrected chi connectivity index (χ0v) is 16.5. The summed E-state index contributed by atoms with van der Waals surface area (Å²) in [6, 6.07) is 6.22. The van der Waals surface area contributed by atoms with E-state index < -0.39 is 12.2 Å². The molecule has 9 heteroatoms. The molecule has 1 fully saturated rings. The van der Waals surface area contributed by atoms with E-state index in [-0.39, 0.29) is 18.5 Å². The molecule has 3 aliphatic rings. The number of carbonyl (C=O) groups is 2. The van der Waals surface area contributed by atoms with Crippen LogP contribution in [0.4, 0.5) is 4.79 Å². The lowest BCUT2D eigenvalue weighted by Crippen LogP contribution is -2.63. The third-order valence-electron chi connectivity index (χ3n) is 5.04. The standard InChI is InChI=1S/C18H19Cl2N5O2/c1-11-9-24-14-15(21-17(24)23(11)7-6-19)22(2)18(27)25(16(14)26)10-12-4-3-5-13(20)8-12/h3-5,8-9,14-15H,6-7,10H2,1-2H3. The molecule has 0 radical (unpaired) electrons. The summed E-state index contributed by atoms with van der Waals surface area (Å²) in [5, 5.41) is 0.567. The van der Waals surface area contributed by atoms with Gasteiger partial charge in [-0.25, -0.2) is 9.79 Å². The fourth-order valence-electron chi connectivity index (χ4n) is 3.73. The molecule has 0 aliphatic carbocycles. The third-order valence-corrected chi connectivity index (χ3v) is 5.44. The van der Waals surface area contributed by atoms with Gasteiger partial charge in [0.15, 0.2) is 12.2 Å². The minimum Gasteiger partial charge on any atom is -0.314 e. The molecule has 4 rings (SSSR count). The first-order valence-corrected chi connectivity index (χ1v) is 9.54. The number of guanidine groups is 1. The van der Waals surface area contributed by atoms with E-state index in [4.69, 9.17) is 23.2 Å². The molecule has 0 saturated carbocycles. The maximum absolute atomic E-state index is 13.2. The van der Waals surface area contributed by atoms with E-state index in [0.29, 0.717) is 23.4 Å². The molecule has 0 spiro atoms. The van der Waals surface area contributed by atoms with Gasteiger partial charge in [-0.3, -0.25) is 9.69 Å². The van der Waals surface area contributed by atoms with Crippen LogP contribution in [0.3, 0.4) is 0 Å².